The maximum Gasteiger partial charge on any atom is 0.305 e. The number of thioether (sulfide) groups is 1. The molecule has 3 nitrogen and oxygen atoms in total. The Morgan fingerprint density at radius 2 is 2.04 bits per heavy atom. The van der Waals surface area contributed by atoms with E-state index < -0.39 is 0 Å². The molecule has 1 aromatic rings. The molecule has 0 radical (unpaired) electrons. The van der Waals surface area contributed by atoms with E-state index in [1.807, 2.05) is 19.1 Å². The van der Waals surface area contributed by atoms with Gasteiger partial charge in [0.15, 0.2) is 0 Å². The second-order valence-corrected chi connectivity index (χ2v) is 7.69. The van der Waals surface area contributed by atoms with E-state index in [1.165, 1.54) is 22.9 Å². The predicted octanol–water partition coefficient (Wildman–Crippen LogP) is 5.37. The first kappa shape index (κ1) is 19.5. The van der Waals surface area contributed by atoms with Crippen molar-refractivity contribution in [2.24, 2.45) is 4.99 Å². The van der Waals surface area contributed by atoms with E-state index in [9.17, 15) is 4.79 Å². The summed E-state index contributed by atoms with van der Waals surface area (Å²) in [6, 6.07) is 8.59. The molecule has 3 rings (SSSR count). The lowest BCUT2D eigenvalue weighted by Gasteiger charge is -2.25. The van der Waals surface area contributed by atoms with Gasteiger partial charge in [0.2, 0.25) is 0 Å². The van der Waals surface area contributed by atoms with Crippen LogP contribution < -0.4 is 5.32 Å². The standard InChI is InChI=1S/C18H21ClN2OS.ClH/c1-12-17(23-18(22)21-12)4-2-3-16-11-14(9-10-20-16)13-5-7-15(19)8-6-13;/h5-9,16-17,20H,2-4,10-11H2,1H3;1H. The molecular weight excluding hydrogens is 363 g/mol. The summed E-state index contributed by atoms with van der Waals surface area (Å²) >= 11 is 7.34. The van der Waals surface area contributed by atoms with Gasteiger partial charge in [-0.15, -0.1) is 12.4 Å². The number of rotatable bonds is 5. The molecule has 0 saturated carbocycles. The van der Waals surface area contributed by atoms with Crippen molar-refractivity contribution < 1.29 is 4.79 Å². The third-order valence-corrected chi connectivity index (χ3v) is 5.84. The summed E-state index contributed by atoms with van der Waals surface area (Å²) in [5.74, 6) is 0. The molecule has 24 heavy (non-hydrogen) atoms. The van der Waals surface area contributed by atoms with Crippen molar-refractivity contribution in [3.05, 3.63) is 40.9 Å². The third kappa shape index (κ3) is 5.09. The molecule has 2 atom stereocenters. The molecule has 130 valence electrons. The summed E-state index contributed by atoms with van der Waals surface area (Å²) in [6.45, 7) is 2.88. The molecule has 0 spiro atoms. The number of nitrogens with zero attached hydrogens (tertiary/aromatic N) is 1. The van der Waals surface area contributed by atoms with Crippen molar-refractivity contribution in [1.82, 2.24) is 5.32 Å². The zero-order valence-corrected chi connectivity index (χ0v) is 16.0. The quantitative estimate of drug-likeness (QED) is 0.741. The first-order valence-electron chi connectivity index (χ1n) is 8.06. The Balaban J connectivity index is 0.00000208. The smallest absolute Gasteiger partial charge is 0.305 e. The van der Waals surface area contributed by atoms with Crippen LogP contribution in [0.2, 0.25) is 5.02 Å². The number of nitrogens with one attached hydrogen (secondary N) is 1. The Morgan fingerprint density at radius 3 is 2.71 bits per heavy atom. The van der Waals surface area contributed by atoms with Crippen LogP contribution in [0.4, 0.5) is 4.79 Å². The maximum absolute atomic E-state index is 11.3. The fraction of sp³-hybridized carbons (Fsp3) is 0.444. The molecule has 1 amide bonds. The van der Waals surface area contributed by atoms with Gasteiger partial charge in [0.05, 0.1) is 5.25 Å². The minimum absolute atomic E-state index is 0. The van der Waals surface area contributed by atoms with E-state index in [1.54, 1.807) is 0 Å². The van der Waals surface area contributed by atoms with Gasteiger partial charge in [-0.2, -0.15) is 0 Å². The zero-order valence-electron chi connectivity index (χ0n) is 13.6. The minimum atomic E-state index is -0.0313. The van der Waals surface area contributed by atoms with Crippen LogP contribution in [0.5, 0.6) is 0 Å². The summed E-state index contributed by atoms with van der Waals surface area (Å²) in [4.78, 5) is 15.3. The van der Waals surface area contributed by atoms with E-state index in [0.717, 1.165) is 43.0 Å². The average Bonchev–Trinajstić information content (AvgIpc) is 2.86. The minimum Gasteiger partial charge on any atom is -0.310 e. The highest BCUT2D eigenvalue weighted by atomic mass is 35.5. The van der Waals surface area contributed by atoms with E-state index in [2.05, 4.69) is 28.5 Å². The number of carbonyl (C=O) groups excluding carboxylic acids is 1. The molecule has 0 bridgehead atoms. The number of carbonyl (C=O) groups is 1. The van der Waals surface area contributed by atoms with Crippen LogP contribution in [0, 0.1) is 0 Å². The molecule has 1 N–H and O–H groups in total. The summed E-state index contributed by atoms with van der Waals surface area (Å²) in [6.07, 6.45) is 6.59. The van der Waals surface area contributed by atoms with Crippen molar-refractivity contribution in [3.8, 4) is 0 Å². The Hall–Kier alpha value is -0.810. The number of hydrogen-bond donors (Lipinski definition) is 1. The molecule has 0 fully saturated rings. The van der Waals surface area contributed by atoms with Gasteiger partial charge in [-0.05, 0) is 49.5 Å². The van der Waals surface area contributed by atoms with E-state index in [-0.39, 0.29) is 22.9 Å². The normalized spacial score (nSPS) is 23.5. The lowest BCUT2D eigenvalue weighted by atomic mass is 9.92. The summed E-state index contributed by atoms with van der Waals surface area (Å²) in [5, 5.41) is 4.61. The monoisotopic (exact) mass is 384 g/mol. The largest absolute Gasteiger partial charge is 0.310 e. The molecule has 0 aliphatic carbocycles. The lowest BCUT2D eigenvalue weighted by Crippen LogP contribution is -2.33. The highest BCUT2D eigenvalue weighted by molar-refractivity contribution is 8.15. The maximum atomic E-state index is 11.3. The number of amides is 1. The van der Waals surface area contributed by atoms with E-state index in [0.29, 0.717) is 6.04 Å². The van der Waals surface area contributed by atoms with Crippen LogP contribution in [-0.2, 0) is 0 Å². The molecule has 6 heteroatoms. The molecule has 2 aliphatic heterocycles. The van der Waals surface area contributed by atoms with E-state index >= 15 is 0 Å². The zero-order chi connectivity index (χ0) is 16.2. The highest BCUT2D eigenvalue weighted by Gasteiger charge is 2.24. The average molecular weight is 385 g/mol. The van der Waals surface area contributed by atoms with Crippen LogP contribution in [0.1, 0.15) is 38.2 Å². The molecule has 2 heterocycles. The van der Waals surface area contributed by atoms with Gasteiger partial charge < -0.3 is 5.32 Å². The Bertz CT molecular complexity index is 643. The molecule has 2 unspecified atom stereocenters. The van der Waals surface area contributed by atoms with Crippen molar-refractivity contribution in [3.63, 3.8) is 0 Å². The SMILES string of the molecule is CC1=NC(=O)SC1CCCC1CC(c2ccc(Cl)cc2)=CCN1.Cl. The van der Waals surface area contributed by atoms with Gasteiger partial charge in [0, 0.05) is 23.3 Å². The number of aliphatic imine (C=N–C) groups is 1. The number of halogens is 2. The van der Waals surface area contributed by atoms with Gasteiger partial charge in [-0.1, -0.05) is 48.0 Å². The fourth-order valence-corrected chi connectivity index (χ4v) is 4.21. The second-order valence-electron chi connectivity index (χ2n) is 6.10. The number of benzene rings is 1. The first-order valence-corrected chi connectivity index (χ1v) is 9.32. The van der Waals surface area contributed by atoms with Crippen LogP contribution in [0.3, 0.4) is 0 Å². The molecule has 2 aliphatic rings. The van der Waals surface area contributed by atoms with Gasteiger partial charge in [-0.25, -0.2) is 4.99 Å². The van der Waals surface area contributed by atoms with Crippen LogP contribution in [-0.4, -0.2) is 28.8 Å². The fourth-order valence-electron chi connectivity index (χ4n) is 3.14. The van der Waals surface area contributed by atoms with Gasteiger partial charge >= 0.3 is 5.24 Å². The molecule has 0 saturated heterocycles. The van der Waals surface area contributed by atoms with Gasteiger partial charge in [0.25, 0.3) is 0 Å². The molecule has 0 aromatic heterocycles. The topological polar surface area (TPSA) is 41.5 Å². The second kappa shape index (κ2) is 9.04. The summed E-state index contributed by atoms with van der Waals surface area (Å²) in [7, 11) is 0. The van der Waals surface area contributed by atoms with Crippen LogP contribution >= 0.6 is 35.8 Å². The lowest BCUT2D eigenvalue weighted by molar-refractivity contribution is 0.268. The van der Waals surface area contributed by atoms with Crippen molar-refractivity contribution in [1.29, 1.82) is 0 Å². The highest BCUT2D eigenvalue weighted by Crippen LogP contribution is 2.29. The van der Waals surface area contributed by atoms with Gasteiger partial charge in [-0.3, -0.25) is 4.79 Å². The van der Waals surface area contributed by atoms with Crippen molar-refractivity contribution in [2.75, 3.05) is 6.54 Å². The van der Waals surface area contributed by atoms with Crippen LogP contribution in [0.25, 0.3) is 5.57 Å². The van der Waals surface area contributed by atoms with Crippen molar-refractivity contribution >= 4 is 52.3 Å². The Kier molecular flexibility index (Phi) is 7.35. The Morgan fingerprint density at radius 1 is 1.29 bits per heavy atom. The third-order valence-electron chi connectivity index (χ3n) is 4.43. The molecule has 1 aromatic carbocycles. The van der Waals surface area contributed by atoms with Gasteiger partial charge in [0.1, 0.15) is 0 Å². The summed E-state index contributed by atoms with van der Waals surface area (Å²) in [5.41, 5.74) is 3.65. The number of hydrogen-bond acceptors (Lipinski definition) is 3. The Labute approximate surface area is 158 Å². The van der Waals surface area contributed by atoms with E-state index in [4.69, 9.17) is 11.6 Å². The first-order chi connectivity index (χ1) is 11.1. The van der Waals surface area contributed by atoms with Crippen molar-refractivity contribution in [2.45, 2.75) is 43.9 Å². The molecular formula is C18H22Cl2N2OS. The summed E-state index contributed by atoms with van der Waals surface area (Å²) < 4.78 is 0. The predicted molar refractivity (Wildman–Crippen MR) is 107 cm³/mol. The van der Waals surface area contributed by atoms with Crippen LogP contribution in [0.15, 0.2) is 35.3 Å².